The molecule has 0 fully saturated rings. The Balaban J connectivity index is 2.46. The molecule has 0 aliphatic rings. The van der Waals surface area contributed by atoms with E-state index < -0.39 is 10.0 Å². The molecule has 112 valence electrons. The zero-order valence-corrected chi connectivity index (χ0v) is 16.0. The van der Waals surface area contributed by atoms with Crippen LogP contribution in [0.4, 0.5) is 5.69 Å². The number of hydrogen-bond donors (Lipinski definition) is 1. The highest BCUT2D eigenvalue weighted by Crippen LogP contribution is 2.31. The molecule has 0 aliphatic carbocycles. The average Bonchev–Trinajstić information content (AvgIpc) is 2.37. The van der Waals surface area contributed by atoms with Crippen molar-refractivity contribution in [1.82, 2.24) is 0 Å². The van der Waals surface area contributed by atoms with Crippen LogP contribution >= 0.6 is 43.5 Å². The Hall–Kier alpha value is -0.560. The van der Waals surface area contributed by atoms with Crippen LogP contribution in [0.3, 0.4) is 0 Å². The monoisotopic (exact) mass is 451 g/mol. The number of hydrogen-bond acceptors (Lipinski definition) is 2. The van der Waals surface area contributed by atoms with Crippen LogP contribution in [-0.2, 0) is 10.0 Å². The standard InChI is InChI=1S/C14H12Br2ClNO2S/c1-8-3-4-13(12(17)5-8)18-21(19,20)14-7-10(15)9(2)6-11(14)16/h3-7,18H,1-2H3. The number of anilines is 1. The van der Waals surface area contributed by atoms with Crippen molar-refractivity contribution in [3.63, 3.8) is 0 Å². The van der Waals surface area contributed by atoms with E-state index in [4.69, 9.17) is 11.6 Å². The molecule has 7 heteroatoms. The van der Waals surface area contributed by atoms with Crippen LogP contribution in [0, 0.1) is 13.8 Å². The van der Waals surface area contributed by atoms with Gasteiger partial charge in [-0.15, -0.1) is 0 Å². The van der Waals surface area contributed by atoms with Crippen LogP contribution in [0.2, 0.25) is 5.02 Å². The Morgan fingerprint density at radius 3 is 2.33 bits per heavy atom. The molecule has 1 N–H and O–H groups in total. The Bertz CT molecular complexity index is 807. The zero-order valence-electron chi connectivity index (χ0n) is 11.2. The molecule has 2 aromatic carbocycles. The van der Waals surface area contributed by atoms with E-state index in [-0.39, 0.29) is 4.90 Å². The molecular formula is C14H12Br2ClNO2S. The normalized spacial score (nSPS) is 11.5. The lowest BCUT2D eigenvalue weighted by Crippen LogP contribution is -2.14. The molecule has 3 nitrogen and oxygen atoms in total. The van der Waals surface area contributed by atoms with Crippen LogP contribution in [0.25, 0.3) is 0 Å². The Kier molecular flexibility index (Phi) is 5.03. The minimum Gasteiger partial charge on any atom is -0.278 e. The van der Waals surface area contributed by atoms with E-state index in [1.807, 2.05) is 13.8 Å². The second-order valence-electron chi connectivity index (χ2n) is 4.62. The number of rotatable bonds is 3. The Morgan fingerprint density at radius 2 is 1.71 bits per heavy atom. The molecule has 0 saturated carbocycles. The molecule has 0 heterocycles. The van der Waals surface area contributed by atoms with Gasteiger partial charge in [-0.25, -0.2) is 8.42 Å². The second-order valence-corrected chi connectivity index (χ2v) is 8.39. The van der Waals surface area contributed by atoms with Crippen LogP contribution in [0.5, 0.6) is 0 Å². The largest absolute Gasteiger partial charge is 0.278 e. The third-order valence-electron chi connectivity index (χ3n) is 2.87. The fourth-order valence-electron chi connectivity index (χ4n) is 1.74. The smallest absolute Gasteiger partial charge is 0.263 e. The second kappa shape index (κ2) is 6.28. The van der Waals surface area contributed by atoms with E-state index in [0.29, 0.717) is 15.2 Å². The van der Waals surface area contributed by atoms with E-state index in [2.05, 4.69) is 36.6 Å². The summed E-state index contributed by atoms with van der Waals surface area (Å²) in [6, 6.07) is 8.45. The molecule has 0 spiro atoms. The fourth-order valence-corrected chi connectivity index (χ4v) is 4.83. The van der Waals surface area contributed by atoms with Crippen molar-refractivity contribution in [2.24, 2.45) is 0 Å². The zero-order chi connectivity index (χ0) is 15.8. The average molecular weight is 454 g/mol. The topological polar surface area (TPSA) is 46.2 Å². The molecule has 0 unspecified atom stereocenters. The van der Waals surface area contributed by atoms with Gasteiger partial charge in [0.1, 0.15) is 4.90 Å². The highest BCUT2D eigenvalue weighted by molar-refractivity contribution is 9.11. The van der Waals surface area contributed by atoms with Gasteiger partial charge in [-0.1, -0.05) is 33.6 Å². The van der Waals surface area contributed by atoms with Gasteiger partial charge in [0.05, 0.1) is 10.7 Å². The van der Waals surface area contributed by atoms with E-state index in [9.17, 15) is 8.42 Å². The van der Waals surface area contributed by atoms with Gasteiger partial charge in [-0.3, -0.25) is 4.72 Å². The van der Waals surface area contributed by atoms with Crippen molar-refractivity contribution in [3.05, 3.63) is 55.4 Å². The SMILES string of the molecule is Cc1ccc(NS(=O)(=O)c2cc(Br)c(C)cc2Br)c(Cl)c1. The van der Waals surface area contributed by atoms with Crippen LogP contribution in [0.15, 0.2) is 44.2 Å². The van der Waals surface area contributed by atoms with Gasteiger partial charge in [0.15, 0.2) is 0 Å². The lowest BCUT2D eigenvalue weighted by atomic mass is 10.2. The van der Waals surface area contributed by atoms with Gasteiger partial charge in [-0.05, 0) is 65.2 Å². The molecular weight excluding hydrogens is 441 g/mol. The number of aryl methyl sites for hydroxylation is 2. The fraction of sp³-hybridized carbons (Fsp3) is 0.143. The summed E-state index contributed by atoms with van der Waals surface area (Å²) in [4.78, 5) is 0.150. The van der Waals surface area contributed by atoms with Gasteiger partial charge in [0.25, 0.3) is 10.0 Å². The minimum atomic E-state index is -3.73. The van der Waals surface area contributed by atoms with Crippen molar-refractivity contribution >= 4 is 59.2 Å². The first-order valence-electron chi connectivity index (χ1n) is 5.95. The maximum atomic E-state index is 12.5. The third-order valence-corrected chi connectivity index (χ3v) is 6.36. The molecule has 0 bridgehead atoms. The highest BCUT2D eigenvalue weighted by atomic mass is 79.9. The van der Waals surface area contributed by atoms with E-state index in [1.165, 1.54) is 0 Å². The van der Waals surface area contributed by atoms with Crippen LogP contribution < -0.4 is 4.72 Å². The first kappa shape index (κ1) is 16.8. The minimum absolute atomic E-state index is 0.150. The quantitative estimate of drug-likeness (QED) is 0.687. The molecule has 0 atom stereocenters. The van der Waals surface area contributed by atoms with Crippen LogP contribution in [0.1, 0.15) is 11.1 Å². The van der Waals surface area contributed by atoms with Crippen molar-refractivity contribution in [2.45, 2.75) is 18.7 Å². The molecule has 0 radical (unpaired) electrons. The van der Waals surface area contributed by atoms with Crippen molar-refractivity contribution in [3.8, 4) is 0 Å². The lowest BCUT2D eigenvalue weighted by molar-refractivity contribution is 0.600. The van der Waals surface area contributed by atoms with Gasteiger partial charge in [0, 0.05) is 8.95 Å². The molecule has 2 aromatic rings. The van der Waals surface area contributed by atoms with Gasteiger partial charge >= 0.3 is 0 Å². The van der Waals surface area contributed by atoms with Gasteiger partial charge in [0.2, 0.25) is 0 Å². The van der Waals surface area contributed by atoms with Gasteiger partial charge in [-0.2, -0.15) is 0 Å². The molecule has 0 saturated heterocycles. The summed E-state index contributed by atoms with van der Waals surface area (Å²) < 4.78 is 28.7. The first-order valence-corrected chi connectivity index (χ1v) is 9.40. The molecule has 0 amide bonds. The maximum Gasteiger partial charge on any atom is 0.263 e. The number of benzene rings is 2. The summed E-state index contributed by atoms with van der Waals surface area (Å²) in [6.07, 6.45) is 0. The third kappa shape index (κ3) is 3.80. The predicted molar refractivity (Wildman–Crippen MR) is 93.6 cm³/mol. The Labute approximate surface area is 146 Å². The molecule has 2 rings (SSSR count). The summed E-state index contributed by atoms with van der Waals surface area (Å²) >= 11 is 12.7. The summed E-state index contributed by atoms with van der Waals surface area (Å²) in [5.74, 6) is 0. The van der Waals surface area contributed by atoms with E-state index >= 15 is 0 Å². The van der Waals surface area contributed by atoms with E-state index in [0.717, 1.165) is 15.6 Å². The lowest BCUT2D eigenvalue weighted by Gasteiger charge is -2.12. The summed E-state index contributed by atoms with van der Waals surface area (Å²) in [5.41, 5.74) is 2.25. The van der Waals surface area contributed by atoms with Crippen LogP contribution in [-0.4, -0.2) is 8.42 Å². The molecule has 0 aliphatic heterocycles. The number of nitrogens with one attached hydrogen (secondary N) is 1. The number of sulfonamides is 1. The maximum absolute atomic E-state index is 12.5. The van der Waals surface area contributed by atoms with E-state index in [1.54, 1.807) is 30.3 Å². The van der Waals surface area contributed by atoms with Crippen molar-refractivity contribution < 1.29 is 8.42 Å². The summed E-state index contributed by atoms with van der Waals surface area (Å²) in [7, 11) is -3.73. The van der Waals surface area contributed by atoms with Crippen molar-refractivity contribution in [1.29, 1.82) is 0 Å². The highest BCUT2D eigenvalue weighted by Gasteiger charge is 2.20. The summed E-state index contributed by atoms with van der Waals surface area (Å²) in [5, 5.41) is 0.362. The summed E-state index contributed by atoms with van der Waals surface area (Å²) in [6.45, 7) is 3.77. The number of halogens is 3. The first-order chi connectivity index (χ1) is 9.70. The predicted octanol–water partition coefficient (Wildman–Crippen LogP) is 5.28. The Morgan fingerprint density at radius 1 is 1.05 bits per heavy atom. The van der Waals surface area contributed by atoms with Crippen molar-refractivity contribution in [2.75, 3.05) is 4.72 Å². The van der Waals surface area contributed by atoms with Gasteiger partial charge < -0.3 is 0 Å². The molecule has 21 heavy (non-hydrogen) atoms. The molecule has 0 aromatic heterocycles.